The van der Waals surface area contributed by atoms with E-state index in [1.807, 2.05) is 6.92 Å². The Kier molecular flexibility index (Phi) is 1.78. The van der Waals surface area contributed by atoms with Gasteiger partial charge in [-0.25, -0.2) is 0 Å². The zero-order valence-corrected chi connectivity index (χ0v) is 5.62. The molecule has 0 saturated carbocycles. The molecule has 1 fully saturated rings. The fraction of sp³-hybridized carbons (Fsp3) is 0.800. The van der Waals surface area contributed by atoms with Crippen LogP contribution >= 0.6 is 11.9 Å². The molecule has 0 spiro atoms. The van der Waals surface area contributed by atoms with E-state index in [4.69, 9.17) is 0 Å². The van der Waals surface area contributed by atoms with Crippen molar-refractivity contribution in [1.29, 1.82) is 0 Å². The van der Waals surface area contributed by atoms with Crippen LogP contribution in [0.1, 0.15) is 13.3 Å². The van der Waals surface area contributed by atoms with Crippen LogP contribution in [0.15, 0.2) is 0 Å². The summed E-state index contributed by atoms with van der Waals surface area (Å²) in [6, 6.07) is 0. The molecular weight excluding hydrogens is 122 g/mol. The normalized spacial score (nSPS) is 28.1. The fourth-order valence-electron chi connectivity index (χ4n) is 0.676. The highest BCUT2D eigenvalue weighted by Gasteiger charge is 2.22. The Morgan fingerprint density at radius 3 is 3.00 bits per heavy atom. The molecule has 1 aliphatic rings. The lowest BCUT2D eigenvalue weighted by Gasteiger charge is -1.96. The van der Waals surface area contributed by atoms with Gasteiger partial charge in [0.15, 0.2) is 0 Å². The van der Waals surface area contributed by atoms with E-state index in [2.05, 4.69) is 4.72 Å². The summed E-state index contributed by atoms with van der Waals surface area (Å²) in [5, 5.41) is 0. The molecule has 1 N–H and O–H groups in total. The van der Waals surface area contributed by atoms with Crippen LogP contribution < -0.4 is 4.72 Å². The molecule has 1 atom stereocenters. The molecule has 0 aromatic carbocycles. The second kappa shape index (κ2) is 2.40. The van der Waals surface area contributed by atoms with E-state index >= 15 is 0 Å². The Balaban J connectivity index is 2.42. The third-order valence-corrected chi connectivity index (χ3v) is 2.24. The van der Waals surface area contributed by atoms with Crippen LogP contribution in [0.4, 0.5) is 0 Å². The van der Waals surface area contributed by atoms with Gasteiger partial charge >= 0.3 is 0 Å². The predicted molar refractivity (Wildman–Crippen MR) is 34.4 cm³/mol. The van der Waals surface area contributed by atoms with Gasteiger partial charge in [0.25, 0.3) is 0 Å². The average molecular weight is 131 g/mol. The SMILES string of the molecule is CCC1CSNC1=O. The molecule has 0 radical (unpaired) electrons. The highest BCUT2D eigenvalue weighted by atomic mass is 32.2. The summed E-state index contributed by atoms with van der Waals surface area (Å²) in [4.78, 5) is 10.7. The maximum Gasteiger partial charge on any atom is 0.233 e. The van der Waals surface area contributed by atoms with Crippen molar-refractivity contribution in [3.63, 3.8) is 0 Å². The summed E-state index contributed by atoms with van der Waals surface area (Å²) in [6.07, 6.45) is 0.971. The Morgan fingerprint density at radius 1 is 2.00 bits per heavy atom. The van der Waals surface area contributed by atoms with Crippen molar-refractivity contribution < 1.29 is 4.79 Å². The van der Waals surface area contributed by atoms with Crippen molar-refractivity contribution in [2.45, 2.75) is 13.3 Å². The summed E-state index contributed by atoms with van der Waals surface area (Å²) in [5.41, 5.74) is 0. The van der Waals surface area contributed by atoms with Gasteiger partial charge in [0.2, 0.25) is 5.91 Å². The molecule has 1 amide bonds. The van der Waals surface area contributed by atoms with Gasteiger partial charge in [0.05, 0.1) is 0 Å². The fourth-order valence-corrected chi connectivity index (χ4v) is 1.66. The van der Waals surface area contributed by atoms with Gasteiger partial charge in [-0.3, -0.25) is 9.52 Å². The lowest BCUT2D eigenvalue weighted by Crippen LogP contribution is -2.16. The number of amides is 1. The summed E-state index contributed by atoms with van der Waals surface area (Å²) in [5.74, 6) is 1.44. The van der Waals surface area contributed by atoms with Gasteiger partial charge in [-0.2, -0.15) is 0 Å². The summed E-state index contributed by atoms with van der Waals surface area (Å²) < 4.78 is 2.70. The molecular formula is C5H9NOS. The molecule has 1 heterocycles. The first-order chi connectivity index (χ1) is 3.84. The Hall–Kier alpha value is -0.180. The molecule has 1 saturated heterocycles. The van der Waals surface area contributed by atoms with Crippen LogP contribution in [-0.2, 0) is 4.79 Å². The Labute approximate surface area is 53.2 Å². The molecule has 46 valence electrons. The number of carbonyl (C=O) groups excluding carboxylic acids is 1. The van der Waals surface area contributed by atoms with Crippen molar-refractivity contribution in [2.75, 3.05) is 5.75 Å². The van der Waals surface area contributed by atoms with Crippen molar-refractivity contribution in [3.8, 4) is 0 Å². The van der Waals surface area contributed by atoms with Crippen LogP contribution in [0.2, 0.25) is 0 Å². The van der Waals surface area contributed by atoms with E-state index in [-0.39, 0.29) is 11.8 Å². The zero-order valence-electron chi connectivity index (χ0n) is 4.81. The summed E-state index contributed by atoms with van der Waals surface area (Å²) in [6.45, 7) is 2.04. The Bertz CT molecular complexity index is 105. The second-order valence-corrected chi connectivity index (χ2v) is 2.71. The quantitative estimate of drug-likeness (QED) is 0.533. The highest BCUT2D eigenvalue weighted by Crippen LogP contribution is 2.16. The van der Waals surface area contributed by atoms with Crippen LogP contribution in [0.5, 0.6) is 0 Å². The first-order valence-electron chi connectivity index (χ1n) is 2.76. The maximum absolute atomic E-state index is 10.7. The van der Waals surface area contributed by atoms with Crippen molar-refractivity contribution in [1.82, 2.24) is 4.72 Å². The van der Waals surface area contributed by atoms with Crippen molar-refractivity contribution in [3.05, 3.63) is 0 Å². The van der Waals surface area contributed by atoms with Crippen molar-refractivity contribution in [2.24, 2.45) is 5.92 Å². The van der Waals surface area contributed by atoms with E-state index in [9.17, 15) is 4.79 Å². The van der Waals surface area contributed by atoms with Crippen LogP contribution in [0.25, 0.3) is 0 Å². The van der Waals surface area contributed by atoms with E-state index in [1.54, 1.807) is 0 Å². The lowest BCUT2D eigenvalue weighted by molar-refractivity contribution is -0.121. The minimum atomic E-state index is 0.206. The van der Waals surface area contributed by atoms with Crippen molar-refractivity contribution >= 4 is 17.9 Å². The third-order valence-electron chi connectivity index (χ3n) is 1.32. The monoisotopic (exact) mass is 131 g/mol. The van der Waals surface area contributed by atoms with Crippen LogP contribution in [-0.4, -0.2) is 11.7 Å². The third kappa shape index (κ3) is 0.968. The van der Waals surface area contributed by atoms with Gasteiger partial charge in [-0.05, 0) is 18.4 Å². The van der Waals surface area contributed by atoms with Crippen LogP contribution in [0.3, 0.4) is 0 Å². The molecule has 1 unspecified atom stereocenters. The van der Waals surface area contributed by atoms with Crippen LogP contribution in [0, 0.1) is 5.92 Å². The minimum Gasteiger partial charge on any atom is -0.300 e. The average Bonchev–Trinajstić information content (AvgIpc) is 2.14. The molecule has 3 heteroatoms. The summed E-state index contributed by atoms with van der Waals surface area (Å²) in [7, 11) is 0. The second-order valence-electron chi connectivity index (χ2n) is 1.88. The molecule has 0 aromatic heterocycles. The van der Waals surface area contributed by atoms with Gasteiger partial charge < -0.3 is 0 Å². The summed E-state index contributed by atoms with van der Waals surface area (Å²) >= 11 is 1.52. The van der Waals surface area contributed by atoms with Gasteiger partial charge in [0, 0.05) is 11.7 Å². The highest BCUT2D eigenvalue weighted by molar-refractivity contribution is 7.98. The molecule has 1 rings (SSSR count). The molecule has 1 aliphatic heterocycles. The smallest absolute Gasteiger partial charge is 0.233 e. The standard InChI is InChI=1S/C5H9NOS/c1-2-4-3-8-6-5(4)7/h4H,2-3H2,1H3,(H,6,7). The topological polar surface area (TPSA) is 29.1 Å². The van der Waals surface area contributed by atoms with E-state index in [1.165, 1.54) is 11.9 Å². The molecule has 0 aromatic rings. The van der Waals surface area contributed by atoms with Gasteiger partial charge in [0.1, 0.15) is 0 Å². The lowest BCUT2D eigenvalue weighted by atomic mass is 10.1. The number of carbonyl (C=O) groups is 1. The van der Waals surface area contributed by atoms with E-state index in [0.29, 0.717) is 0 Å². The maximum atomic E-state index is 10.7. The molecule has 8 heavy (non-hydrogen) atoms. The minimum absolute atomic E-state index is 0.206. The molecule has 2 nitrogen and oxygen atoms in total. The zero-order chi connectivity index (χ0) is 5.98. The largest absolute Gasteiger partial charge is 0.300 e. The number of hydrogen-bond donors (Lipinski definition) is 1. The molecule has 0 bridgehead atoms. The van der Waals surface area contributed by atoms with E-state index < -0.39 is 0 Å². The van der Waals surface area contributed by atoms with Gasteiger partial charge in [-0.15, -0.1) is 0 Å². The predicted octanol–water partition coefficient (Wildman–Crippen LogP) is 0.791. The Morgan fingerprint density at radius 2 is 2.75 bits per heavy atom. The number of nitrogens with one attached hydrogen (secondary N) is 1. The first-order valence-corrected chi connectivity index (χ1v) is 3.74. The number of hydrogen-bond acceptors (Lipinski definition) is 2. The van der Waals surface area contributed by atoms with Gasteiger partial charge in [-0.1, -0.05) is 6.92 Å². The molecule has 0 aliphatic carbocycles. The first kappa shape index (κ1) is 5.95. The number of rotatable bonds is 1. The van der Waals surface area contributed by atoms with E-state index in [0.717, 1.165) is 12.2 Å².